The molecule has 0 radical (unpaired) electrons. The van der Waals surface area contributed by atoms with E-state index in [1.165, 1.54) is 0 Å². The minimum absolute atomic E-state index is 0.0776. The van der Waals surface area contributed by atoms with E-state index in [9.17, 15) is 0 Å². The van der Waals surface area contributed by atoms with Crippen LogP contribution in [0.25, 0.3) is 0 Å². The molecule has 2 rings (SSSR count). The maximum Gasteiger partial charge on any atom is 0.218 e. The minimum Gasteiger partial charge on any atom is -0.472 e. The van der Waals surface area contributed by atoms with E-state index < -0.39 is 0 Å². The van der Waals surface area contributed by atoms with Crippen molar-refractivity contribution in [3.05, 3.63) is 17.0 Å². The van der Waals surface area contributed by atoms with Gasteiger partial charge in [-0.05, 0) is 0 Å². The molecular weight excluding hydrogens is 240 g/mol. The van der Waals surface area contributed by atoms with Gasteiger partial charge in [0.25, 0.3) is 0 Å². The average Bonchev–Trinajstić information content (AvgIpc) is 2.68. The van der Waals surface area contributed by atoms with Crippen LogP contribution in [0.15, 0.2) is 6.07 Å². The average molecular weight is 257 g/mol. The number of ether oxygens (including phenoxy) is 2. The van der Waals surface area contributed by atoms with Gasteiger partial charge in [-0.1, -0.05) is 32.4 Å². The molecule has 1 aromatic rings. The maximum atomic E-state index is 5.98. The van der Waals surface area contributed by atoms with Gasteiger partial charge in [-0.2, -0.15) is 4.98 Å². The fourth-order valence-corrected chi connectivity index (χ4v) is 1.74. The molecule has 0 spiro atoms. The van der Waals surface area contributed by atoms with Gasteiger partial charge in [0, 0.05) is 17.9 Å². The van der Waals surface area contributed by atoms with Gasteiger partial charge in [-0.15, -0.1) is 0 Å². The summed E-state index contributed by atoms with van der Waals surface area (Å²) in [6.45, 7) is 7.49. The van der Waals surface area contributed by atoms with Crippen LogP contribution in [-0.2, 0) is 10.2 Å². The van der Waals surface area contributed by atoms with Crippen LogP contribution >= 0.6 is 11.6 Å². The first-order valence-corrected chi connectivity index (χ1v) is 6.12. The number of nitrogens with zero attached hydrogens (tertiary/aromatic N) is 2. The third-order valence-corrected chi connectivity index (χ3v) is 2.71. The molecule has 2 heterocycles. The van der Waals surface area contributed by atoms with E-state index in [2.05, 4.69) is 9.97 Å². The highest BCUT2D eigenvalue weighted by atomic mass is 35.5. The van der Waals surface area contributed by atoms with Gasteiger partial charge >= 0.3 is 0 Å². The molecule has 4 nitrogen and oxygen atoms in total. The Morgan fingerprint density at radius 3 is 2.76 bits per heavy atom. The molecule has 0 saturated carbocycles. The molecule has 1 unspecified atom stereocenters. The smallest absolute Gasteiger partial charge is 0.218 e. The predicted molar refractivity (Wildman–Crippen MR) is 65.6 cm³/mol. The molecule has 1 fully saturated rings. The molecule has 0 amide bonds. The van der Waals surface area contributed by atoms with E-state index in [-0.39, 0.29) is 11.5 Å². The van der Waals surface area contributed by atoms with E-state index in [1.807, 2.05) is 20.8 Å². The molecule has 94 valence electrons. The summed E-state index contributed by atoms with van der Waals surface area (Å²) in [5.74, 6) is 1.23. The van der Waals surface area contributed by atoms with Crippen molar-refractivity contribution >= 4 is 11.6 Å². The van der Waals surface area contributed by atoms with E-state index >= 15 is 0 Å². The number of hydrogen-bond acceptors (Lipinski definition) is 4. The molecule has 1 aliphatic rings. The lowest BCUT2D eigenvalue weighted by atomic mass is 9.96. The monoisotopic (exact) mass is 256 g/mol. The summed E-state index contributed by atoms with van der Waals surface area (Å²) in [7, 11) is 0. The van der Waals surface area contributed by atoms with Crippen LogP contribution < -0.4 is 4.74 Å². The molecule has 1 atom stereocenters. The summed E-state index contributed by atoms with van der Waals surface area (Å²) in [4.78, 5) is 8.62. The van der Waals surface area contributed by atoms with Crippen molar-refractivity contribution in [2.24, 2.45) is 0 Å². The molecule has 0 aromatic carbocycles. The van der Waals surface area contributed by atoms with Gasteiger partial charge < -0.3 is 9.47 Å². The molecule has 1 aliphatic heterocycles. The Kier molecular flexibility index (Phi) is 3.54. The Hall–Kier alpha value is -0.870. The van der Waals surface area contributed by atoms with Gasteiger partial charge in [0.2, 0.25) is 5.88 Å². The number of aromatic nitrogens is 2. The number of rotatable bonds is 2. The van der Waals surface area contributed by atoms with Crippen molar-refractivity contribution in [2.45, 2.75) is 38.7 Å². The SMILES string of the molecule is CC(C)(C)c1nc(Cl)cc(OC2CCOC2)n1. The highest BCUT2D eigenvalue weighted by molar-refractivity contribution is 6.29. The lowest BCUT2D eigenvalue weighted by molar-refractivity contribution is 0.137. The van der Waals surface area contributed by atoms with Gasteiger partial charge in [0.1, 0.15) is 17.1 Å². The van der Waals surface area contributed by atoms with Gasteiger partial charge in [0.15, 0.2) is 0 Å². The van der Waals surface area contributed by atoms with Crippen molar-refractivity contribution in [3.8, 4) is 5.88 Å². The van der Waals surface area contributed by atoms with Crippen molar-refractivity contribution in [1.82, 2.24) is 9.97 Å². The molecule has 1 saturated heterocycles. The zero-order chi connectivity index (χ0) is 12.5. The van der Waals surface area contributed by atoms with E-state index in [4.69, 9.17) is 21.1 Å². The maximum absolute atomic E-state index is 5.98. The van der Waals surface area contributed by atoms with Crippen molar-refractivity contribution < 1.29 is 9.47 Å². The van der Waals surface area contributed by atoms with Crippen LogP contribution in [-0.4, -0.2) is 29.3 Å². The first-order valence-electron chi connectivity index (χ1n) is 5.74. The Morgan fingerprint density at radius 1 is 1.41 bits per heavy atom. The zero-order valence-electron chi connectivity index (χ0n) is 10.4. The molecule has 0 N–H and O–H groups in total. The fourth-order valence-electron chi connectivity index (χ4n) is 1.57. The quantitative estimate of drug-likeness (QED) is 0.763. The van der Waals surface area contributed by atoms with Crippen molar-refractivity contribution in [3.63, 3.8) is 0 Å². The second kappa shape index (κ2) is 4.78. The summed E-state index contributed by atoms with van der Waals surface area (Å²) in [6, 6.07) is 1.65. The summed E-state index contributed by atoms with van der Waals surface area (Å²) < 4.78 is 11.0. The summed E-state index contributed by atoms with van der Waals surface area (Å²) in [5, 5.41) is 0.416. The molecule has 0 bridgehead atoms. The molecular formula is C12H17ClN2O2. The van der Waals surface area contributed by atoms with Crippen LogP contribution in [0.2, 0.25) is 5.15 Å². The standard InChI is InChI=1S/C12H17ClN2O2/c1-12(2,3)11-14-9(13)6-10(15-11)17-8-4-5-16-7-8/h6,8H,4-5,7H2,1-3H3. The lowest BCUT2D eigenvalue weighted by Crippen LogP contribution is -2.20. The Bertz CT molecular complexity index is 398. The van der Waals surface area contributed by atoms with Crippen LogP contribution in [0.4, 0.5) is 0 Å². The van der Waals surface area contributed by atoms with Crippen molar-refractivity contribution in [1.29, 1.82) is 0 Å². The Balaban J connectivity index is 2.19. The third-order valence-electron chi connectivity index (χ3n) is 2.52. The second-order valence-electron chi connectivity index (χ2n) is 5.21. The van der Waals surface area contributed by atoms with Gasteiger partial charge in [0.05, 0.1) is 13.2 Å². The van der Waals surface area contributed by atoms with E-state index in [1.54, 1.807) is 6.07 Å². The van der Waals surface area contributed by atoms with Gasteiger partial charge in [-0.3, -0.25) is 0 Å². The molecule has 5 heteroatoms. The molecule has 0 aliphatic carbocycles. The largest absolute Gasteiger partial charge is 0.472 e. The van der Waals surface area contributed by atoms with E-state index in [0.717, 1.165) is 13.0 Å². The Labute approximate surface area is 106 Å². The molecule has 1 aromatic heterocycles. The first-order chi connectivity index (χ1) is 7.95. The highest BCUT2D eigenvalue weighted by Gasteiger charge is 2.22. The van der Waals surface area contributed by atoms with Crippen LogP contribution in [0.1, 0.15) is 33.0 Å². The lowest BCUT2D eigenvalue weighted by Gasteiger charge is -2.18. The summed E-state index contributed by atoms with van der Waals surface area (Å²) in [5.41, 5.74) is -0.144. The second-order valence-corrected chi connectivity index (χ2v) is 5.59. The number of halogens is 1. The van der Waals surface area contributed by atoms with Crippen LogP contribution in [0, 0.1) is 0 Å². The van der Waals surface area contributed by atoms with Crippen LogP contribution in [0.3, 0.4) is 0 Å². The van der Waals surface area contributed by atoms with Crippen molar-refractivity contribution in [2.75, 3.05) is 13.2 Å². The third kappa shape index (κ3) is 3.30. The van der Waals surface area contributed by atoms with Gasteiger partial charge in [-0.25, -0.2) is 4.98 Å². The molecule has 17 heavy (non-hydrogen) atoms. The predicted octanol–water partition coefficient (Wildman–Crippen LogP) is 2.60. The fraction of sp³-hybridized carbons (Fsp3) is 0.667. The first kappa shape index (κ1) is 12.6. The summed E-state index contributed by atoms with van der Waals surface area (Å²) in [6.07, 6.45) is 0.973. The van der Waals surface area contributed by atoms with Crippen LogP contribution in [0.5, 0.6) is 5.88 Å². The number of hydrogen-bond donors (Lipinski definition) is 0. The summed E-state index contributed by atoms with van der Waals surface area (Å²) >= 11 is 5.98. The minimum atomic E-state index is -0.144. The normalized spacial score (nSPS) is 20.6. The topological polar surface area (TPSA) is 44.2 Å². The highest BCUT2D eigenvalue weighted by Crippen LogP contribution is 2.24. The van der Waals surface area contributed by atoms with E-state index in [0.29, 0.717) is 23.5 Å². The Morgan fingerprint density at radius 2 is 2.18 bits per heavy atom. The zero-order valence-corrected chi connectivity index (χ0v) is 11.1.